The molecular formula is C16H23N3O2S. The lowest BCUT2D eigenvalue weighted by Gasteiger charge is -2.41. The molecular weight excluding hydrogens is 298 g/mol. The Hall–Kier alpha value is -1.08. The molecule has 1 aliphatic heterocycles. The molecule has 3 rings (SSSR count). The van der Waals surface area contributed by atoms with Gasteiger partial charge in [-0.1, -0.05) is 18.3 Å². The Kier molecular flexibility index (Phi) is 5.03. The summed E-state index contributed by atoms with van der Waals surface area (Å²) in [6, 6.07) is 6.68. The highest BCUT2D eigenvalue weighted by atomic mass is 32.1. The first-order valence-electron chi connectivity index (χ1n) is 7.81. The van der Waals surface area contributed by atoms with E-state index in [2.05, 4.69) is 9.88 Å². The zero-order chi connectivity index (χ0) is 15.5. The lowest BCUT2D eigenvalue weighted by molar-refractivity contribution is -0.199. The Labute approximate surface area is 136 Å². The first-order chi connectivity index (χ1) is 10.7. The van der Waals surface area contributed by atoms with Gasteiger partial charge in [-0.05, 0) is 31.4 Å². The lowest BCUT2D eigenvalue weighted by Crippen LogP contribution is -2.54. The van der Waals surface area contributed by atoms with Gasteiger partial charge < -0.3 is 15.2 Å². The fourth-order valence-corrected chi connectivity index (χ4v) is 3.46. The van der Waals surface area contributed by atoms with E-state index in [1.165, 1.54) is 12.8 Å². The van der Waals surface area contributed by atoms with Gasteiger partial charge in [0.05, 0.1) is 29.2 Å². The normalized spacial score (nSPS) is 27.5. The van der Waals surface area contributed by atoms with Crippen LogP contribution in [-0.2, 0) is 9.47 Å². The topological polar surface area (TPSA) is 60.6 Å². The van der Waals surface area contributed by atoms with Crippen LogP contribution in [0.4, 0.5) is 0 Å². The summed E-state index contributed by atoms with van der Waals surface area (Å²) >= 11 is 5.30. The van der Waals surface area contributed by atoms with Crippen LogP contribution in [0.5, 0.6) is 0 Å². The molecule has 1 aromatic rings. The number of ether oxygens (including phenoxy) is 2. The van der Waals surface area contributed by atoms with Crippen LogP contribution in [0.3, 0.4) is 0 Å². The van der Waals surface area contributed by atoms with Gasteiger partial charge in [-0.3, -0.25) is 9.88 Å². The minimum absolute atomic E-state index is 0.0539. The number of morpholine rings is 1. The van der Waals surface area contributed by atoms with Crippen LogP contribution in [0.2, 0.25) is 0 Å². The molecule has 2 heterocycles. The molecule has 0 spiro atoms. The Morgan fingerprint density at radius 2 is 2.36 bits per heavy atom. The van der Waals surface area contributed by atoms with E-state index in [1.807, 2.05) is 18.2 Å². The molecule has 1 aliphatic carbocycles. The predicted molar refractivity (Wildman–Crippen MR) is 88.6 cm³/mol. The largest absolute Gasteiger partial charge is 0.393 e. The number of hydrogen-bond acceptors (Lipinski definition) is 5. The summed E-state index contributed by atoms with van der Waals surface area (Å²) in [5.41, 5.74) is 6.92. The molecule has 3 atom stereocenters. The Balaban J connectivity index is 1.80. The standard InChI is InChI=1S/C16H23N3O2S/c1-20-16-14(19(8-9-21-16)11-5-6-11)10-12(15(17)22)13-4-2-3-7-18-13/h2-4,7,11-12,14,16H,5-6,8-10H2,1H3,(H2,17,22). The van der Waals surface area contributed by atoms with Crippen molar-refractivity contribution in [1.29, 1.82) is 0 Å². The van der Waals surface area contributed by atoms with Gasteiger partial charge in [0.1, 0.15) is 0 Å². The molecule has 0 aromatic carbocycles. The van der Waals surface area contributed by atoms with E-state index in [4.69, 9.17) is 27.4 Å². The van der Waals surface area contributed by atoms with E-state index in [9.17, 15) is 0 Å². The van der Waals surface area contributed by atoms with Crippen molar-refractivity contribution < 1.29 is 9.47 Å². The van der Waals surface area contributed by atoms with Crippen molar-refractivity contribution in [1.82, 2.24) is 9.88 Å². The maximum Gasteiger partial charge on any atom is 0.172 e. The third kappa shape index (κ3) is 3.46. The highest BCUT2D eigenvalue weighted by molar-refractivity contribution is 7.80. The van der Waals surface area contributed by atoms with Crippen LogP contribution in [0.25, 0.3) is 0 Å². The molecule has 5 nitrogen and oxygen atoms in total. The summed E-state index contributed by atoms with van der Waals surface area (Å²) in [7, 11) is 1.70. The van der Waals surface area contributed by atoms with Gasteiger partial charge in [0.15, 0.2) is 6.29 Å². The average molecular weight is 321 g/mol. The molecule has 6 heteroatoms. The van der Waals surface area contributed by atoms with Crippen LogP contribution in [0.1, 0.15) is 30.9 Å². The summed E-state index contributed by atoms with van der Waals surface area (Å²) in [4.78, 5) is 7.42. The highest BCUT2D eigenvalue weighted by Crippen LogP contribution is 2.35. The molecule has 120 valence electrons. The zero-order valence-corrected chi connectivity index (χ0v) is 13.7. The van der Waals surface area contributed by atoms with Gasteiger partial charge in [-0.15, -0.1) is 0 Å². The minimum atomic E-state index is -0.227. The quantitative estimate of drug-likeness (QED) is 0.805. The van der Waals surface area contributed by atoms with Crippen molar-refractivity contribution in [2.24, 2.45) is 5.73 Å². The molecule has 2 aliphatic rings. The molecule has 1 saturated carbocycles. The molecule has 0 amide bonds. The number of nitrogens with two attached hydrogens (primary N) is 1. The van der Waals surface area contributed by atoms with Crippen molar-refractivity contribution >= 4 is 17.2 Å². The first kappa shape index (κ1) is 15.8. The molecule has 3 unspecified atom stereocenters. The van der Waals surface area contributed by atoms with Gasteiger partial charge in [-0.25, -0.2) is 0 Å². The second kappa shape index (κ2) is 7.00. The zero-order valence-electron chi connectivity index (χ0n) is 12.9. The van der Waals surface area contributed by atoms with E-state index in [-0.39, 0.29) is 18.2 Å². The fraction of sp³-hybridized carbons (Fsp3) is 0.625. The average Bonchev–Trinajstić information content (AvgIpc) is 3.37. The summed E-state index contributed by atoms with van der Waals surface area (Å²) in [6.07, 6.45) is 4.85. The summed E-state index contributed by atoms with van der Waals surface area (Å²) < 4.78 is 11.4. The van der Waals surface area contributed by atoms with E-state index in [0.29, 0.717) is 17.6 Å². The molecule has 1 saturated heterocycles. The van der Waals surface area contributed by atoms with Crippen LogP contribution in [0.15, 0.2) is 24.4 Å². The number of thiocarbonyl (C=S) groups is 1. The number of hydrogen-bond donors (Lipinski definition) is 1. The van der Waals surface area contributed by atoms with Crippen molar-refractivity contribution in [2.45, 2.75) is 43.6 Å². The Morgan fingerprint density at radius 1 is 1.55 bits per heavy atom. The van der Waals surface area contributed by atoms with Crippen LogP contribution in [-0.4, -0.2) is 53.5 Å². The molecule has 22 heavy (non-hydrogen) atoms. The van der Waals surface area contributed by atoms with Gasteiger partial charge in [-0.2, -0.15) is 0 Å². The number of aromatic nitrogens is 1. The Morgan fingerprint density at radius 3 is 2.95 bits per heavy atom. The molecule has 0 radical (unpaired) electrons. The van der Waals surface area contributed by atoms with E-state index in [1.54, 1.807) is 13.3 Å². The smallest absolute Gasteiger partial charge is 0.172 e. The van der Waals surface area contributed by atoms with Gasteiger partial charge in [0, 0.05) is 25.9 Å². The van der Waals surface area contributed by atoms with Crippen molar-refractivity contribution in [3.63, 3.8) is 0 Å². The Bertz CT molecular complexity index is 509. The van der Waals surface area contributed by atoms with Crippen LogP contribution >= 0.6 is 12.2 Å². The third-order valence-electron chi connectivity index (χ3n) is 4.49. The lowest BCUT2D eigenvalue weighted by atomic mass is 9.93. The molecule has 1 aromatic heterocycles. The maximum absolute atomic E-state index is 6.00. The first-order valence-corrected chi connectivity index (χ1v) is 8.22. The third-order valence-corrected chi connectivity index (χ3v) is 4.77. The minimum Gasteiger partial charge on any atom is -0.393 e. The number of methoxy groups -OCH3 is 1. The predicted octanol–water partition coefficient (Wildman–Crippen LogP) is 1.68. The fourth-order valence-electron chi connectivity index (χ4n) is 3.24. The molecule has 2 N–H and O–H groups in total. The second-order valence-electron chi connectivity index (χ2n) is 5.96. The van der Waals surface area contributed by atoms with Crippen LogP contribution < -0.4 is 5.73 Å². The van der Waals surface area contributed by atoms with Crippen molar-refractivity contribution in [2.75, 3.05) is 20.3 Å². The molecule has 2 fully saturated rings. The highest BCUT2D eigenvalue weighted by Gasteiger charge is 2.42. The second-order valence-corrected chi connectivity index (χ2v) is 6.43. The molecule has 0 bridgehead atoms. The number of pyridine rings is 1. The number of rotatable bonds is 6. The van der Waals surface area contributed by atoms with E-state index >= 15 is 0 Å². The summed E-state index contributed by atoms with van der Waals surface area (Å²) in [5, 5.41) is 0. The monoisotopic (exact) mass is 321 g/mol. The van der Waals surface area contributed by atoms with Gasteiger partial charge in [0.2, 0.25) is 0 Å². The van der Waals surface area contributed by atoms with Crippen LogP contribution in [0, 0.1) is 0 Å². The van der Waals surface area contributed by atoms with Crippen molar-refractivity contribution in [3.05, 3.63) is 30.1 Å². The number of nitrogens with zero attached hydrogens (tertiary/aromatic N) is 2. The van der Waals surface area contributed by atoms with E-state index < -0.39 is 0 Å². The van der Waals surface area contributed by atoms with Crippen molar-refractivity contribution in [3.8, 4) is 0 Å². The maximum atomic E-state index is 6.00. The van der Waals surface area contributed by atoms with E-state index in [0.717, 1.165) is 18.7 Å². The summed E-state index contributed by atoms with van der Waals surface area (Å²) in [5.74, 6) is -0.0539. The SMILES string of the molecule is COC1OCCN(C2CC2)C1CC(C(N)=S)c1ccccn1. The van der Waals surface area contributed by atoms with Gasteiger partial charge >= 0.3 is 0 Å². The summed E-state index contributed by atoms with van der Waals surface area (Å²) in [6.45, 7) is 1.66. The van der Waals surface area contributed by atoms with Gasteiger partial charge in [0.25, 0.3) is 0 Å².